The van der Waals surface area contributed by atoms with Crippen molar-refractivity contribution in [1.82, 2.24) is 14.3 Å². The highest BCUT2D eigenvalue weighted by Gasteiger charge is 2.33. The van der Waals surface area contributed by atoms with Crippen LogP contribution in [0.25, 0.3) is 0 Å². The van der Waals surface area contributed by atoms with E-state index in [-0.39, 0.29) is 5.91 Å². The van der Waals surface area contributed by atoms with Gasteiger partial charge in [0.15, 0.2) is 0 Å². The average Bonchev–Trinajstić information content (AvgIpc) is 2.95. The largest absolute Gasteiger partial charge is 0.343 e. The molecule has 118 valence electrons. The Balaban J connectivity index is 1.92. The van der Waals surface area contributed by atoms with Crippen LogP contribution >= 0.6 is 11.5 Å². The summed E-state index contributed by atoms with van der Waals surface area (Å²) in [5.41, 5.74) is 5.40. The lowest BCUT2D eigenvalue weighted by atomic mass is 9.95. The molecule has 0 radical (unpaired) electrons. The fraction of sp³-hybridized carbons (Fsp3) is 0.786. The number of piperazine rings is 1. The first-order valence-corrected chi connectivity index (χ1v) is 8.41. The van der Waals surface area contributed by atoms with Crippen molar-refractivity contribution in [3.63, 3.8) is 0 Å². The average molecular weight is 311 g/mol. The molecular formula is C14H25N5OS. The third-order valence-corrected chi connectivity index (χ3v) is 4.68. The van der Waals surface area contributed by atoms with E-state index in [2.05, 4.69) is 28.1 Å². The molecule has 1 aromatic heterocycles. The summed E-state index contributed by atoms with van der Waals surface area (Å²) >= 11 is 1.44. The summed E-state index contributed by atoms with van der Waals surface area (Å²) in [6, 6.07) is 0. The summed E-state index contributed by atoms with van der Waals surface area (Å²) in [6.45, 7) is 8.95. The zero-order valence-electron chi connectivity index (χ0n) is 13.1. The molecule has 1 aliphatic heterocycles. The maximum absolute atomic E-state index is 12.5. The van der Waals surface area contributed by atoms with Crippen molar-refractivity contribution in [2.45, 2.75) is 45.6 Å². The molecule has 1 aromatic rings. The lowest BCUT2D eigenvalue weighted by Gasteiger charge is -2.38. The molecule has 1 aliphatic rings. The first kappa shape index (κ1) is 16.2. The monoisotopic (exact) mass is 311 g/mol. The Bertz CT molecular complexity index is 479. The minimum Gasteiger partial charge on any atom is -0.343 e. The molecule has 0 bridgehead atoms. The summed E-state index contributed by atoms with van der Waals surface area (Å²) < 4.78 is 4.32. The Morgan fingerprint density at radius 1 is 1.33 bits per heavy atom. The second-order valence-electron chi connectivity index (χ2n) is 5.79. The summed E-state index contributed by atoms with van der Waals surface area (Å²) in [7, 11) is 0. The molecule has 1 amide bonds. The molecule has 2 heterocycles. The van der Waals surface area contributed by atoms with Crippen LogP contribution in [0.5, 0.6) is 0 Å². The molecule has 1 atom stereocenters. The van der Waals surface area contributed by atoms with Gasteiger partial charge >= 0.3 is 0 Å². The quantitative estimate of drug-likeness (QED) is 0.886. The van der Waals surface area contributed by atoms with Crippen LogP contribution in [0.3, 0.4) is 0 Å². The number of rotatable bonds is 5. The van der Waals surface area contributed by atoms with Gasteiger partial charge in [-0.05, 0) is 13.3 Å². The number of carbonyl (C=O) groups is 1. The fourth-order valence-corrected chi connectivity index (χ4v) is 3.41. The Morgan fingerprint density at radius 3 is 2.52 bits per heavy atom. The van der Waals surface area contributed by atoms with Crippen LogP contribution in [0.15, 0.2) is 0 Å². The van der Waals surface area contributed by atoms with E-state index >= 15 is 0 Å². The molecule has 2 rings (SSSR count). The van der Waals surface area contributed by atoms with Crippen molar-refractivity contribution in [3.05, 3.63) is 5.82 Å². The summed E-state index contributed by atoms with van der Waals surface area (Å²) in [6.07, 6.45) is 2.50. The van der Waals surface area contributed by atoms with E-state index in [9.17, 15) is 4.79 Å². The lowest BCUT2D eigenvalue weighted by molar-refractivity contribution is -0.137. The Hall–Kier alpha value is -1.21. The van der Waals surface area contributed by atoms with E-state index in [4.69, 9.17) is 5.73 Å². The van der Waals surface area contributed by atoms with E-state index in [1.54, 1.807) is 0 Å². The van der Waals surface area contributed by atoms with Crippen LogP contribution in [0.2, 0.25) is 0 Å². The van der Waals surface area contributed by atoms with Gasteiger partial charge in [-0.3, -0.25) is 4.79 Å². The molecular weight excluding hydrogens is 286 g/mol. The summed E-state index contributed by atoms with van der Waals surface area (Å²) in [5, 5.41) is 0.961. The van der Waals surface area contributed by atoms with Crippen molar-refractivity contribution < 1.29 is 4.79 Å². The summed E-state index contributed by atoms with van der Waals surface area (Å²) in [4.78, 5) is 21.1. The Labute approximate surface area is 130 Å². The normalized spacial score (nSPS) is 18.7. The highest BCUT2D eigenvalue weighted by molar-refractivity contribution is 7.09. The van der Waals surface area contributed by atoms with Gasteiger partial charge in [0, 0.05) is 44.1 Å². The zero-order chi connectivity index (χ0) is 15.5. The maximum atomic E-state index is 12.5. The lowest BCUT2D eigenvalue weighted by Crippen LogP contribution is -2.58. The summed E-state index contributed by atoms with van der Waals surface area (Å²) in [5.74, 6) is 0.960. The van der Waals surface area contributed by atoms with Gasteiger partial charge in [-0.1, -0.05) is 20.3 Å². The van der Waals surface area contributed by atoms with Gasteiger partial charge in [-0.25, -0.2) is 4.98 Å². The van der Waals surface area contributed by atoms with E-state index in [0.29, 0.717) is 13.1 Å². The number of hydrogen-bond acceptors (Lipinski definition) is 6. The highest BCUT2D eigenvalue weighted by Crippen LogP contribution is 2.21. The number of carbonyl (C=O) groups excluding carboxylic acids is 1. The smallest absolute Gasteiger partial charge is 0.242 e. The number of amides is 1. The third kappa shape index (κ3) is 3.71. The van der Waals surface area contributed by atoms with E-state index < -0.39 is 5.54 Å². The van der Waals surface area contributed by atoms with Gasteiger partial charge in [0.25, 0.3) is 0 Å². The molecule has 7 heteroatoms. The van der Waals surface area contributed by atoms with Crippen LogP contribution in [0, 0.1) is 0 Å². The van der Waals surface area contributed by atoms with Crippen molar-refractivity contribution in [3.8, 4) is 0 Å². The van der Waals surface area contributed by atoms with Crippen molar-refractivity contribution in [2.75, 3.05) is 31.1 Å². The van der Waals surface area contributed by atoms with Crippen LogP contribution in [0.1, 0.15) is 39.4 Å². The predicted molar refractivity (Wildman–Crippen MR) is 85.6 cm³/mol. The molecule has 21 heavy (non-hydrogen) atoms. The molecule has 0 aliphatic carbocycles. The molecule has 0 saturated carbocycles. The van der Waals surface area contributed by atoms with Crippen LogP contribution in [-0.4, -0.2) is 51.9 Å². The Morgan fingerprint density at radius 2 is 2.00 bits per heavy atom. The highest BCUT2D eigenvalue weighted by atomic mass is 32.1. The van der Waals surface area contributed by atoms with Gasteiger partial charge in [0.05, 0.1) is 5.54 Å². The third-order valence-electron chi connectivity index (χ3n) is 3.87. The molecule has 6 nitrogen and oxygen atoms in total. The van der Waals surface area contributed by atoms with E-state index in [0.717, 1.165) is 43.3 Å². The topological polar surface area (TPSA) is 75.4 Å². The number of anilines is 1. The van der Waals surface area contributed by atoms with E-state index in [1.807, 2.05) is 11.8 Å². The van der Waals surface area contributed by atoms with Crippen molar-refractivity contribution in [1.29, 1.82) is 0 Å². The van der Waals surface area contributed by atoms with Gasteiger partial charge in [0.2, 0.25) is 11.0 Å². The maximum Gasteiger partial charge on any atom is 0.242 e. The van der Waals surface area contributed by atoms with Crippen LogP contribution in [0.4, 0.5) is 5.13 Å². The molecule has 2 N–H and O–H groups in total. The van der Waals surface area contributed by atoms with E-state index in [1.165, 1.54) is 11.5 Å². The molecule has 0 aromatic carbocycles. The zero-order valence-corrected chi connectivity index (χ0v) is 13.9. The minimum atomic E-state index is -0.741. The van der Waals surface area contributed by atoms with Gasteiger partial charge in [-0.15, -0.1) is 0 Å². The molecule has 1 fully saturated rings. The number of hydrogen-bond donors (Lipinski definition) is 1. The van der Waals surface area contributed by atoms with Gasteiger partial charge in [0.1, 0.15) is 5.82 Å². The number of aromatic nitrogens is 2. The molecule has 1 unspecified atom stereocenters. The number of aryl methyl sites for hydroxylation is 1. The first-order chi connectivity index (χ1) is 9.97. The standard InChI is InChI=1S/C14H25N5OS/c1-4-6-14(3,15)12(20)18-7-9-19(10-8-18)13-16-11(5-2)17-21-13/h4-10,15H2,1-3H3. The molecule has 0 spiro atoms. The minimum absolute atomic E-state index is 0.0653. The SMILES string of the molecule is CCCC(C)(N)C(=O)N1CCN(c2nc(CC)ns2)CC1. The Kier molecular flexibility index (Phi) is 5.16. The second-order valence-corrected chi connectivity index (χ2v) is 6.52. The van der Waals surface area contributed by atoms with Crippen LogP contribution < -0.4 is 10.6 Å². The van der Waals surface area contributed by atoms with Gasteiger partial charge < -0.3 is 15.5 Å². The number of nitrogens with two attached hydrogens (primary N) is 1. The first-order valence-electron chi connectivity index (χ1n) is 7.63. The second kappa shape index (κ2) is 6.70. The predicted octanol–water partition coefficient (Wildman–Crippen LogP) is 1.27. The van der Waals surface area contributed by atoms with Gasteiger partial charge in [-0.2, -0.15) is 4.37 Å². The molecule has 1 saturated heterocycles. The number of nitrogens with zero attached hydrogens (tertiary/aromatic N) is 4. The van der Waals surface area contributed by atoms with Crippen LogP contribution in [-0.2, 0) is 11.2 Å². The van der Waals surface area contributed by atoms with Crippen molar-refractivity contribution >= 4 is 22.6 Å². The fourth-order valence-electron chi connectivity index (χ4n) is 2.61. The van der Waals surface area contributed by atoms with Crippen molar-refractivity contribution in [2.24, 2.45) is 5.73 Å².